The quantitative estimate of drug-likeness (QED) is 0.586. The molecule has 0 N–H and O–H groups in total. The van der Waals surface area contributed by atoms with E-state index in [1.807, 2.05) is 0 Å². The lowest BCUT2D eigenvalue weighted by molar-refractivity contribution is -0.0512. The van der Waals surface area contributed by atoms with Crippen LogP contribution in [0.1, 0.15) is 15.9 Å². The second kappa shape index (κ2) is 7.49. The van der Waals surface area contributed by atoms with E-state index in [-0.39, 0.29) is 22.8 Å². The molecule has 0 fully saturated rings. The van der Waals surface area contributed by atoms with Gasteiger partial charge < -0.3 is 9.47 Å². The summed E-state index contributed by atoms with van der Waals surface area (Å²) in [5.74, 6) is -0.922. The van der Waals surface area contributed by atoms with E-state index in [1.54, 1.807) is 6.07 Å². The Morgan fingerprint density at radius 3 is 2.57 bits per heavy atom. The molecule has 6 heteroatoms. The second-order valence-corrected chi connectivity index (χ2v) is 4.50. The summed E-state index contributed by atoms with van der Waals surface area (Å²) in [6.07, 6.45) is 2.72. The second-order valence-electron chi connectivity index (χ2n) is 4.50. The first-order valence-corrected chi connectivity index (χ1v) is 6.60. The molecular formula is C17H13F3O3. The number of alkyl halides is 2. The Morgan fingerprint density at radius 1 is 1.13 bits per heavy atom. The normalized spacial score (nSPS) is 11.0. The number of ether oxygens (including phenoxy) is 2. The predicted molar refractivity (Wildman–Crippen MR) is 79.4 cm³/mol. The van der Waals surface area contributed by atoms with Gasteiger partial charge in [0.05, 0.1) is 7.11 Å². The summed E-state index contributed by atoms with van der Waals surface area (Å²) in [7, 11) is 1.28. The molecule has 0 saturated heterocycles. The average Bonchev–Trinajstić information content (AvgIpc) is 2.52. The van der Waals surface area contributed by atoms with Crippen LogP contribution in [0.3, 0.4) is 0 Å². The Morgan fingerprint density at radius 2 is 1.91 bits per heavy atom. The zero-order valence-corrected chi connectivity index (χ0v) is 12.1. The molecule has 0 radical (unpaired) electrons. The minimum Gasteiger partial charge on any atom is -0.493 e. The van der Waals surface area contributed by atoms with Crippen LogP contribution in [0.4, 0.5) is 13.2 Å². The topological polar surface area (TPSA) is 35.5 Å². The van der Waals surface area contributed by atoms with Crippen LogP contribution in [0.5, 0.6) is 11.5 Å². The van der Waals surface area contributed by atoms with Crippen molar-refractivity contribution in [1.29, 1.82) is 0 Å². The number of halogens is 3. The zero-order chi connectivity index (χ0) is 16.8. The molecule has 2 aromatic carbocycles. The highest BCUT2D eigenvalue weighted by atomic mass is 19.3. The minimum atomic E-state index is -2.99. The van der Waals surface area contributed by atoms with E-state index in [2.05, 4.69) is 4.74 Å². The third kappa shape index (κ3) is 4.60. The van der Waals surface area contributed by atoms with Gasteiger partial charge in [-0.05, 0) is 42.0 Å². The van der Waals surface area contributed by atoms with E-state index in [4.69, 9.17) is 4.74 Å². The van der Waals surface area contributed by atoms with Crippen LogP contribution in [0.15, 0.2) is 48.5 Å². The van der Waals surface area contributed by atoms with Crippen molar-refractivity contribution in [3.8, 4) is 11.5 Å². The molecule has 0 aliphatic rings. The SMILES string of the molecule is COc1cc(C(=O)/C=C/c2cccc(F)c2)ccc1OC(F)F. The number of methoxy groups -OCH3 is 1. The molecular weight excluding hydrogens is 309 g/mol. The summed E-state index contributed by atoms with van der Waals surface area (Å²) in [4.78, 5) is 12.1. The highest BCUT2D eigenvalue weighted by Gasteiger charge is 2.13. The van der Waals surface area contributed by atoms with E-state index in [0.717, 1.165) is 0 Å². The maximum absolute atomic E-state index is 13.1. The fourth-order valence-electron chi connectivity index (χ4n) is 1.89. The zero-order valence-electron chi connectivity index (χ0n) is 12.1. The maximum atomic E-state index is 13.1. The highest BCUT2D eigenvalue weighted by molar-refractivity contribution is 6.07. The van der Waals surface area contributed by atoms with Crippen molar-refractivity contribution in [3.05, 3.63) is 65.5 Å². The van der Waals surface area contributed by atoms with Gasteiger partial charge in [0.2, 0.25) is 0 Å². The smallest absolute Gasteiger partial charge is 0.387 e. The van der Waals surface area contributed by atoms with Crippen LogP contribution in [0.2, 0.25) is 0 Å². The van der Waals surface area contributed by atoms with E-state index in [0.29, 0.717) is 5.56 Å². The Labute approximate surface area is 131 Å². The van der Waals surface area contributed by atoms with Crippen molar-refractivity contribution in [2.24, 2.45) is 0 Å². The first kappa shape index (κ1) is 16.6. The van der Waals surface area contributed by atoms with Crippen LogP contribution < -0.4 is 9.47 Å². The lowest BCUT2D eigenvalue weighted by Crippen LogP contribution is -2.04. The number of benzene rings is 2. The van der Waals surface area contributed by atoms with E-state index in [1.165, 1.54) is 55.7 Å². The molecule has 0 amide bonds. The summed E-state index contributed by atoms with van der Waals surface area (Å²) in [5, 5.41) is 0. The molecule has 2 rings (SSSR count). The highest BCUT2D eigenvalue weighted by Crippen LogP contribution is 2.29. The van der Waals surface area contributed by atoms with Crippen molar-refractivity contribution in [2.75, 3.05) is 7.11 Å². The van der Waals surface area contributed by atoms with Gasteiger partial charge in [0.1, 0.15) is 5.82 Å². The van der Waals surface area contributed by atoms with Crippen LogP contribution in [-0.4, -0.2) is 19.5 Å². The average molecular weight is 322 g/mol. The molecule has 0 bridgehead atoms. The number of allylic oxidation sites excluding steroid dienone is 1. The van der Waals surface area contributed by atoms with Crippen LogP contribution in [-0.2, 0) is 0 Å². The fourth-order valence-corrected chi connectivity index (χ4v) is 1.89. The maximum Gasteiger partial charge on any atom is 0.387 e. The number of ketones is 1. The third-order valence-corrected chi connectivity index (χ3v) is 2.94. The van der Waals surface area contributed by atoms with E-state index < -0.39 is 12.4 Å². The third-order valence-electron chi connectivity index (χ3n) is 2.94. The molecule has 0 saturated carbocycles. The van der Waals surface area contributed by atoms with Gasteiger partial charge in [0.25, 0.3) is 0 Å². The van der Waals surface area contributed by atoms with Gasteiger partial charge >= 0.3 is 6.61 Å². The van der Waals surface area contributed by atoms with Crippen molar-refractivity contribution in [1.82, 2.24) is 0 Å². The molecule has 0 spiro atoms. The largest absolute Gasteiger partial charge is 0.493 e. The van der Waals surface area contributed by atoms with Crippen molar-refractivity contribution >= 4 is 11.9 Å². The van der Waals surface area contributed by atoms with Crippen molar-refractivity contribution in [2.45, 2.75) is 6.61 Å². The number of hydrogen-bond donors (Lipinski definition) is 0. The van der Waals surface area contributed by atoms with Gasteiger partial charge in [-0.15, -0.1) is 0 Å². The van der Waals surface area contributed by atoms with Gasteiger partial charge in [-0.2, -0.15) is 8.78 Å². The predicted octanol–water partition coefficient (Wildman–Crippen LogP) is 4.33. The molecule has 0 unspecified atom stereocenters. The molecule has 23 heavy (non-hydrogen) atoms. The Balaban J connectivity index is 2.19. The van der Waals surface area contributed by atoms with E-state index >= 15 is 0 Å². The summed E-state index contributed by atoms with van der Waals surface area (Å²) >= 11 is 0. The Hall–Kier alpha value is -2.76. The fraction of sp³-hybridized carbons (Fsp3) is 0.118. The van der Waals surface area contributed by atoms with Gasteiger partial charge in [-0.3, -0.25) is 4.79 Å². The molecule has 0 heterocycles. The van der Waals surface area contributed by atoms with Gasteiger partial charge in [-0.1, -0.05) is 18.2 Å². The van der Waals surface area contributed by atoms with Crippen LogP contribution in [0, 0.1) is 5.82 Å². The molecule has 0 aliphatic carbocycles. The number of carbonyl (C=O) groups excluding carboxylic acids is 1. The lowest BCUT2D eigenvalue weighted by Gasteiger charge is -2.10. The van der Waals surface area contributed by atoms with Gasteiger partial charge in [0.15, 0.2) is 17.3 Å². The lowest BCUT2D eigenvalue weighted by atomic mass is 10.1. The van der Waals surface area contributed by atoms with Crippen molar-refractivity contribution in [3.63, 3.8) is 0 Å². The van der Waals surface area contributed by atoms with Gasteiger partial charge in [-0.25, -0.2) is 4.39 Å². The first-order chi connectivity index (χ1) is 11.0. The molecule has 0 aromatic heterocycles. The van der Waals surface area contributed by atoms with Gasteiger partial charge in [0, 0.05) is 5.56 Å². The minimum absolute atomic E-state index is 0.0234. The first-order valence-electron chi connectivity index (χ1n) is 6.60. The molecule has 120 valence electrons. The monoisotopic (exact) mass is 322 g/mol. The van der Waals surface area contributed by atoms with Crippen molar-refractivity contribution < 1.29 is 27.4 Å². The van der Waals surface area contributed by atoms with E-state index in [9.17, 15) is 18.0 Å². The Bertz CT molecular complexity index is 727. The Kier molecular flexibility index (Phi) is 5.41. The van der Waals surface area contributed by atoms with Crippen LogP contribution >= 0.6 is 0 Å². The number of hydrogen-bond acceptors (Lipinski definition) is 3. The molecule has 3 nitrogen and oxygen atoms in total. The summed E-state index contributed by atoms with van der Waals surface area (Å²) in [6, 6.07) is 9.63. The summed E-state index contributed by atoms with van der Waals surface area (Å²) < 4.78 is 46.8. The molecule has 0 atom stereocenters. The van der Waals surface area contributed by atoms with Crippen LogP contribution in [0.25, 0.3) is 6.08 Å². The summed E-state index contributed by atoms with van der Waals surface area (Å²) in [5.41, 5.74) is 0.763. The number of rotatable bonds is 6. The molecule has 0 aliphatic heterocycles. The standard InChI is InChI=1S/C17H13F3O3/c1-22-16-10-12(6-8-15(16)23-17(19)20)14(21)7-5-11-3-2-4-13(18)9-11/h2-10,17H,1H3/b7-5+. The summed E-state index contributed by atoms with van der Waals surface area (Å²) in [6.45, 7) is -2.99. The number of carbonyl (C=O) groups is 1. The molecule has 2 aromatic rings.